The number of ether oxygens (including phenoxy) is 1. The molecule has 1 saturated heterocycles. The normalized spacial score (nSPS) is 25.6. The van der Waals surface area contributed by atoms with E-state index in [1.807, 2.05) is 0 Å². The van der Waals surface area contributed by atoms with Crippen LogP contribution in [0.25, 0.3) is 0 Å². The second kappa shape index (κ2) is 5.94. The highest BCUT2D eigenvalue weighted by Gasteiger charge is 2.45. The maximum absolute atomic E-state index is 14.3. The van der Waals surface area contributed by atoms with Gasteiger partial charge >= 0.3 is 0 Å². The van der Waals surface area contributed by atoms with Crippen LogP contribution < -0.4 is 5.32 Å². The fraction of sp³-hybridized carbons (Fsp3) is 0.625. The number of rotatable bonds is 3. The van der Waals surface area contributed by atoms with E-state index in [9.17, 15) is 8.78 Å². The van der Waals surface area contributed by atoms with Crippen LogP contribution in [0.4, 0.5) is 8.78 Å². The third-order valence-electron chi connectivity index (χ3n) is 4.93. The highest BCUT2D eigenvalue weighted by Crippen LogP contribution is 2.47. The van der Waals surface area contributed by atoms with Gasteiger partial charge in [0.2, 0.25) is 0 Å². The summed E-state index contributed by atoms with van der Waals surface area (Å²) in [4.78, 5) is 0. The van der Waals surface area contributed by atoms with Crippen molar-refractivity contribution in [1.82, 2.24) is 5.32 Å². The second-order valence-electron chi connectivity index (χ2n) is 6.19. The molecule has 2 nitrogen and oxygen atoms in total. The van der Waals surface area contributed by atoms with E-state index in [1.54, 1.807) is 7.05 Å². The molecule has 3 rings (SSSR count). The smallest absolute Gasteiger partial charge is 0.132 e. The lowest BCUT2D eigenvalue weighted by Gasteiger charge is -2.48. The molecule has 2 fully saturated rings. The van der Waals surface area contributed by atoms with Gasteiger partial charge in [-0.05, 0) is 57.2 Å². The van der Waals surface area contributed by atoms with Crippen LogP contribution in [-0.4, -0.2) is 19.3 Å². The molecular formula is C16H20BrF2NO. The molecule has 0 aromatic heterocycles. The van der Waals surface area contributed by atoms with Gasteiger partial charge in [-0.2, -0.15) is 0 Å². The van der Waals surface area contributed by atoms with Crippen LogP contribution in [-0.2, 0) is 4.74 Å². The van der Waals surface area contributed by atoms with E-state index in [4.69, 9.17) is 4.74 Å². The Morgan fingerprint density at radius 2 is 2.00 bits per heavy atom. The Kier molecular flexibility index (Phi) is 4.35. The maximum Gasteiger partial charge on any atom is 0.132 e. The average molecular weight is 360 g/mol. The SMILES string of the molecule is CNC(c1c(F)cc(Br)cc1F)C1CCOC2(CCC2)C1. The lowest BCUT2D eigenvalue weighted by Crippen LogP contribution is -2.48. The van der Waals surface area contributed by atoms with Gasteiger partial charge in [0.05, 0.1) is 5.60 Å². The molecule has 0 radical (unpaired) electrons. The van der Waals surface area contributed by atoms with Crippen LogP contribution in [0.1, 0.15) is 43.7 Å². The Labute approximate surface area is 132 Å². The summed E-state index contributed by atoms with van der Waals surface area (Å²) >= 11 is 3.13. The third kappa shape index (κ3) is 2.88. The summed E-state index contributed by atoms with van der Waals surface area (Å²) in [5.41, 5.74) is 0.127. The average Bonchev–Trinajstić information content (AvgIpc) is 2.41. The van der Waals surface area contributed by atoms with Gasteiger partial charge in [-0.25, -0.2) is 8.78 Å². The third-order valence-corrected chi connectivity index (χ3v) is 5.39. The zero-order chi connectivity index (χ0) is 15.0. The summed E-state index contributed by atoms with van der Waals surface area (Å²) in [5.74, 6) is -0.778. The van der Waals surface area contributed by atoms with Gasteiger partial charge in [-0.1, -0.05) is 15.9 Å². The van der Waals surface area contributed by atoms with E-state index in [0.717, 1.165) is 25.7 Å². The van der Waals surface area contributed by atoms with Gasteiger partial charge in [-0.3, -0.25) is 0 Å². The standard InChI is InChI=1S/C16H20BrF2NO/c1-20-15(14-12(18)7-11(17)8-13(14)19)10-3-6-21-16(9-10)4-2-5-16/h7-8,10,15,20H,2-6,9H2,1H3. The van der Waals surface area contributed by atoms with Crippen molar-refractivity contribution in [2.24, 2.45) is 5.92 Å². The molecule has 1 aromatic rings. The van der Waals surface area contributed by atoms with E-state index in [0.29, 0.717) is 11.1 Å². The number of nitrogens with one attached hydrogen (secondary N) is 1. The molecule has 1 aliphatic heterocycles. The molecule has 0 amide bonds. The molecule has 0 bridgehead atoms. The van der Waals surface area contributed by atoms with Gasteiger partial charge in [0.1, 0.15) is 11.6 Å². The number of halogens is 3. The summed E-state index contributed by atoms with van der Waals surface area (Å²) in [6.45, 7) is 0.683. The molecule has 1 N–H and O–H groups in total. The molecule has 1 saturated carbocycles. The monoisotopic (exact) mass is 359 g/mol. The summed E-state index contributed by atoms with van der Waals surface area (Å²) in [6, 6.07) is 2.36. The van der Waals surface area contributed by atoms with Crippen molar-refractivity contribution in [2.45, 2.75) is 43.7 Å². The van der Waals surface area contributed by atoms with Gasteiger partial charge in [0.15, 0.2) is 0 Å². The van der Waals surface area contributed by atoms with Crippen LogP contribution in [0.5, 0.6) is 0 Å². The first-order valence-corrected chi connectivity index (χ1v) is 8.30. The summed E-state index contributed by atoms with van der Waals surface area (Å²) in [5, 5.41) is 3.12. The molecule has 2 aliphatic rings. The van der Waals surface area contributed by atoms with E-state index in [2.05, 4.69) is 21.2 Å². The molecule has 116 valence electrons. The quantitative estimate of drug-likeness (QED) is 0.866. The summed E-state index contributed by atoms with van der Waals surface area (Å²) in [6.07, 6.45) is 5.06. The molecule has 1 aliphatic carbocycles. The molecule has 21 heavy (non-hydrogen) atoms. The van der Waals surface area contributed by atoms with E-state index in [1.165, 1.54) is 18.6 Å². The molecule has 2 unspecified atom stereocenters. The minimum Gasteiger partial charge on any atom is -0.375 e. The van der Waals surface area contributed by atoms with Gasteiger partial charge in [0, 0.05) is 22.7 Å². The van der Waals surface area contributed by atoms with Crippen molar-refractivity contribution < 1.29 is 13.5 Å². The van der Waals surface area contributed by atoms with Crippen LogP contribution in [0, 0.1) is 17.6 Å². The van der Waals surface area contributed by atoms with Crippen LogP contribution >= 0.6 is 15.9 Å². The summed E-state index contributed by atoms with van der Waals surface area (Å²) < 4.78 is 34.8. The fourth-order valence-corrected chi connectivity index (χ4v) is 4.14. The van der Waals surface area contributed by atoms with Gasteiger partial charge in [-0.15, -0.1) is 0 Å². The minimum absolute atomic E-state index is 0.0274. The van der Waals surface area contributed by atoms with E-state index >= 15 is 0 Å². The first kappa shape index (κ1) is 15.4. The fourth-order valence-electron chi connectivity index (χ4n) is 3.74. The zero-order valence-electron chi connectivity index (χ0n) is 12.1. The Balaban J connectivity index is 1.88. The topological polar surface area (TPSA) is 21.3 Å². The Bertz CT molecular complexity index is 510. The van der Waals surface area contributed by atoms with Crippen molar-refractivity contribution in [1.29, 1.82) is 0 Å². The number of hydrogen-bond donors (Lipinski definition) is 1. The Morgan fingerprint density at radius 1 is 1.33 bits per heavy atom. The Morgan fingerprint density at radius 3 is 2.52 bits per heavy atom. The minimum atomic E-state index is -0.490. The molecule has 1 aromatic carbocycles. The predicted octanol–water partition coefficient (Wildman–Crippen LogP) is 4.34. The van der Waals surface area contributed by atoms with Crippen LogP contribution in [0.2, 0.25) is 0 Å². The van der Waals surface area contributed by atoms with Crippen LogP contribution in [0.3, 0.4) is 0 Å². The highest BCUT2D eigenvalue weighted by molar-refractivity contribution is 9.10. The molecule has 1 heterocycles. The molecule has 5 heteroatoms. The molecule has 1 spiro atoms. The zero-order valence-corrected chi connectivity index (χ0v) is 13.7. The number of benzene rings is 1. The highest BCUT2D eigenvalue weighted by atomic mass is 79.9. The van der Waals surface area contributed by atoms with Gasteiger partial charge in [0.25, 0.3) is 0 Å². The van der Waals surface area contributed by atoms with E-state index in [-0.39, 0.29) is 23.1 Å². The number of hydrogen-bond acceptors (Lipinski definition) is 2. The van der Waals surface area contributed by atoms with Gasteiger partial charge < -0.3 is 10.1 Å². The second-order valence-corrected chi connectivity index (χ2v) is 7.10. The Hall–Kier alpha value is -0.520. The summed E-state index contributed by atoms with van der Waals surface area (Å²) in [7, 11) is 1.77. The van der Waals surface area contributed by atoms with E-state index < -0.39 is 11.6 Å². The van der Waals surface area contributed by atoms with Crippen molar-refractivity contribution in [3.63, 3.8) is 0 Å². The van der Waals surface area contributed by atoms with Crippen LogP contribution in [0.15, 0.2) is 16.6 Å². The molecule has 2 atom stereocenters. The lowest BCUT2D eigenvalue weighted by atomic mass is 9.69. The van der Waals surface area contributed by atoms with Crippen molar-refractivity contribution in [2.75, 3.05) is 13.7 Å². The first-order valence-electron chi connectivity index (χ1n) is 7.50. The predicted molar refractivity (Wildman–Crippen MR) is 81.1 cm³/mol. The first-order chi connectivity index (χ1) is 10.0. The maximum atomic E-state index is 14.3. The lowest BCUT2D eigenvalue weighted by molar-refractivity contribution is -0.147. The largest absolute Gasteiger partial charge is 0.375 e. The van der Waals surface area contributed by atoms with Crippen molar-refractivity contribution in [3.05, 3.63) is 33.8 Å². The van der Waals surface area contributed by atoms with Crippen molar-refractivity contribution >= 4 is 15.9 Å². The van der Waals surface area contributed by atoms with Crippen molar-refractivity contribution in [3.8, 4) is 0 Å². The molecular weight excluding hydrogens is 340 g/mol.